The Morgan fingerprint density at radius 3 is 2.42 bits per heavy atom. The highest BCUT2D eigenvalue weighted by molar-refractivity contribution is 6.35. The molecule has 0 unspecified atom stereocenters. The zero-order chi connectivity index (χ0) is 13.8. The monoisotopic (exact) mass is 299 g/mol. The molecule has 0 heterocycles. The maximum absolute atomic E-state index is 13.3. The molecule has 0 saturated carbocycles. The summed E-state index contributed by atoms with van der Waals surface area (Å²) in [5, 5.41) is 3.12. The van der Waals surface area contributed by atoms with Crippen molar-refractivity contribution in [1.82, 2.24) is 0 Å². The zero-order valence-corrected chi connectivity index (χ0v) is 11.7. The molecule has 1 N–H and O–H groups in total. The molecule has 2 aromatic carbocycles. The van der Waals surface area contributed by atoms with Crippen molar-refractivity contribution >= 4 is 28.9 Å². The number of halogens is 3. The lowest BCUT2D eigenvalue weighted by Crippen LogP contribution is -2.02. The summed E-state index contributed by atoms with van der Waals surface area (Å²) in [6.45, 7) is 0.530. The number of nitrogens with one attached hydrogen (secondary N) is 1. The summed E-state index contributed by atoms with van der Waals surface area (Å²) in [7, 11) is 1.62. The van der Waals surface area contributed by atoms with Gasteiger partial charge in [-0.25, -0.2) is 4.39 Å². The Labute approximate surface area is 121 Å². The number of ether oxygens (including phenoxy) is 1. The van der Waals surface area contributed by atoms with E-state index in [1.807, 2.05) is 24.3 Å². The van der Waals surface area contributed by atoms with Crippen LogP contribution in [-0.2, 0) is 6.54 Å². The van der Waals surface area contributed by atoms with E-state index in [1.165, 1.54) is 12.1 Å². The number of benzene rings is 2. The van der Waals surface area contributed by atoms with Crippen LogP contribution in [0.1, 0.15) is 5.56 Å². The summed E-state index contributed by atoms with van der Waals surface area (Å²) in [5.74, 6) is 0.181. The number of rotatable bonds is 4. The van der Waals surface area contributed by atoms with E-state index in [4.69, 9.17) is 27.9 Å². The largest absolute Gasteiger partial charge is 0.496 e. The summed E-state index contributed by atoms with van der Waals surface area (Å²) in [4.78, 5) is 0. The van der Waals surface area contributed by atoms with E-state index in [1.54, 1.807) is 7.11 Å². The number of hydrogen-bond donors (Lipinski definition) is 1. The van der Waals surface area contributed by atoms with Crippen molar-refractivity contribution in [1.29, 1.82) is 0 Å². The van der Waals surface area contributed by atoms with Gasteiger partial charge < -0.3 is 10.1 Å². The van der Waals surface area contributed by atoms with Gasteiger partial charge >= 0.3 is 0 Å². The van der Waals surface area contributed by atoms with Gasteiger partial charge in [0.2, 0.25) is 0 Å². The van der Waals surface area contributed by atoms with Crippen LogP contribution in [0.25, 0.3) is 0 Å². The Balaban J connectivity index is 2.15. The first kappa shape index (κ1) is 14.0. The van der Waals surface area contributed by atoms with Gasteiger partial charge in [-0.05, 0) is 18.2 Å². The first-order chi connectivity index (χ1) is 9.11. The fourth-order valence-electron chi connectivity index (χ4n) is 1.70. The highest BCUT2D eigenvalue weighted by Crippen LogP contribution is 2.28. The van der Waals surface area contributed by atoms with E-state index < -0.39 is 5.82 Å². The summed E-state index contributed by atoms with van der Waals surface area (Å²) in [6.07, 6.45) is 0. The minimum absolute atomic E-state index is 0.00460. The fraction of sp³-hybridized carbons (Fsp3) is 0.143. The quantitative estimate of drug-likeness (QED) is 0.822. The highest BCUT2D eigenvalue weighted by Gasteiger charge is 2.08. The van der Waals surface area contributed by atoms with Gasteiger partial charge in [0.25, 0.3) is 0 Å². The van der Waals surface area contributed by atoms with Crippen LogP contribution in [-0.4, -0.2) is 7.11 Å². The molecule has 0 aliphatic carbocycles. The van der Waals surface area contributed by atoms with E-state index in [0.29, 0.717) is 12.2 Å². The van der Waals surface area contributed by atoms with Crippen LogP contribution in [0.15, 0.2) is 36.4 Å². The second-order valence-electron chi connectivity index (χ2n) is 3.92. The van der Waals surface area contributed by atoms with Crippen LogP contribution in [0.5, 0.6) is 5.75 Å². The van der Waals surface area contributed by atoms with Crippen molar-refractivity contribution in [3.05, 3.63) is 57.8 Å². The molecular weight excluding hydrogens is 288 g/mol. The average molecular weight is 300 g/mol. The number of anilines is 1. The normalized spacial score (nSPS) is 10.3. The van der Waals surface area contributed by atoms with E-state index in [9.17, 15) is 4.39 Å². The Morgan fingerprint density at radius 2 is 1.79 bits per heavy atom. The third kappa shape index (κ3) is 3.31. The summed E-state index contributed by atoms with van der Waals surface area (Å²) in [5.41, 5.74) is 1.64. The highest BCUT2D eigenvalue weighted by atomic mass is 35.5. The average Bonchev–Trinajstić information content (AvgIpc) is 2.42. The molecule has 5 heteroatoms. The first-order valence-corrected chi connectivity index (χ1v) is 6.37. The number of para-hydroxylation sites is 1. The minimum atomic E-state index is -0.605. The lowest BCUT2D eigenvalue weighted by molar-refractivity contribution is 0.410. The lowest BCUT2D eigenvalue weighted by atomic mass is 10.2. The first-order valence-electron chi connectivity index (χ1n) is 5.62. The van der Waals surface area contributed by atoms with E-state index in [2.05, 4.69) is 5.32 Å². The molecule has 0 aliphatic heterocycles. The van der Waals surface area contributed by atoms with Gasteiger partial charge in [0.15, 0.2) is 5.82 Å². The molecule has 0 spiro atoms. The standard InChI is InChI=1S/C14H12Cl2FNO/c1-19-13-5-3-2-4-9(13)8-18-10-6-11(15)14(17)12(16)7-10/h2-7,18H,8H2,1H3. The third-order valence-electron chi connectivity index (χ3n) is 2.66. The second kappa shape index (κ2) is 6.13. The van der Waals surface area contributed by atoms with Gasteiger partial charge in [-0.2, -0.15) is 0 Å². The van der Waals surface area contributed by atoms with E-state index in [0.717, 1.165) is 11.3 Å². The Bertz CT molecular complexity index is 566. The molecule has 0 amide bonds. The maximum Gasteiger partial charge on any atom is 0.160 e. The smallest absolute Gasteiger partial charge is 0.160 e. The van der Waals surface area contributed by atoms with Crippen molar-refractivity contribution < 1.29 is 9.13 Å². The third-order valence-corrected chi connectivity index (χ3v) is 3.21. The molecule has 2 rings (SSSR count). The van der Waals surface area contributed by atoms with Gasteiger partial charge in [0.1, 0.15) is 5.75 Å². The van der Waals surface area contributed by atoms with Crippen LogP contribution in [0.3, 0.4) is 0 Å². The Hall–Kier alpha value is -1.45. The predicted molar refractivity (Wildman–Crippen MR) is 76.7 cm³/mol. The molecule has 0 radical (unpaired) electrons. The molecule has 2 nitrogen and oxygen atoms in total. The molecule has 2 aromatic rings. The van der Waals surface area contributed by atoms with Crippen molar-refractivity contribution in [3.8, 4) is 5.75 Å². The van der Waals surface area contributed by atoms with Gasteiger partial charge in [-0.3, -0.25) is 0 Å². The number of hydrogen-bond acceptors (Lipinski definition) is 2. The molecule has 19 heavy (non-hydrogen) atoms. The predicted octanol–water partition coefficient (Wildman–Crippen LogP) is 4.75. The van der Waals surface area contributed by atoms with Crippen LogP contribution in [0, 0.1) is 5.82 Å². The maximum atomic E-state index is 13.3. The molecular formula is C14H12Cl2FNO. The number of methoxy groups -OCH3 is 1. The van der Waals surface area contributed by atoms with Crippen molar-refractivity contribution in [2.24, 2.45) is 0 Å². The van der Waals surface area contributed by atoms with Gasteiger partial charge in [0.05, 0.1) is 17.2 Å². The van der Waals surface area contributed by atoms with Crippen LogP contribution in [0.2, 0.25) is 10.0 Å². The molecule has 0 aromatic heterocycles. The lowest BCUT2D eigenvalue weighted by Gasteiger charge is -2.11. The molecule has 0 atom stereocenters. The van der Waals surface area contributed by atoms with Crippen molar-refractivity contribution in [2.45, 2.75) is 6.54 Å². The van der Waals surface area contributed by atoms with Crippen molar-refractivity contribution in [3.63, 3.8) is 0 Å². The zero-order valence-electron chi connectivity index (χ0n) is 10.2. The molecule has 0 fully saturated rings. The van der Waals surface area contributed by atoms with Gasteiger partial charge in [-0.15, -0.1) is 0 Å². The van der Waals surface area contributed by atoms with E-state index >= 15 is 0 Å². The Morgan fingerprint density at radius 1 is 1.16 bits per heavy atom. The van der Waals surface area contributed by atoms with Crippen molar-refractivity contribution in [2.75, 3.05) is 12.4 Å². The minimum Gasteiger partial charge on any atom is -0.496 e. The van der Waals surface area contributed by atoms with Crippen LogP contribution >= 0.6 is 23.2 Å². The summed E-state index contributed by atoms with van der Waals surface area (Å²) in [6, 6.07) is 10.6. The van der Waals surface area contributed by atoms with Gasteiger partial charge in [0, 0.05) is 17.8 Å². The Kier molecular flexibility index (Phi) is 4.51. The van der Waals surface area contributed by atoms with Crippen LogP contribution in [0.4, 0.5) is 10.1 Å². The van der Waals surface area contributed by atoms with E-state index in [-0.39, 0.29) is 10.0 Å². The van der Waals surface area contributed by atoms with Gasteiger partial charge in [-0.1, -0.05) is 41.4 Å². The van der Waals surface area contributed by atoms with Crippen LogP contribution < -0.4 is 10.1 Å². The second-order valence-corrected chi connectivity index (χ2v) is 4.73. The molecule has 100 valence electrons. The summed E-state index contributed by atoms with van der Waals surface area (Å²) < 4.78 is 18.5. The topological polar surface area (TPSA) is 21.3 Å². The molecule has 0 bridgehead atoms. The fourth-order valence-corrected chi connectivity index (χ4v) is 2.19. The molecule has 0 saturated heterocycles. The summed E-state index contributed by atoms with van der Waals surface area (Å²) >= 11 is 11.5. The molecule has 0 aliphatic rings. The SMILES string of the molecule is COc1ccccc1CNc1cc(Cl)c(F)c(Cl)c1.